The number of aromatic nitrogens is 4. The van der Waals surface area contributed by atoms with Gasteiger partial charge in [0.05, 0.1) is 17.2 Å². The summed E-state index contributed by atoms with van der Waals surface area (Å²) < 4.78 is 2.17. The molecular formula is C31H18N4. The third-order valence-corrected chi connectivity index (χ3v) is 7.95. The van der Waals surface area contributed by atoms with Gasteiger partial charge in [-0.2, -0.15) is 0 Å². The number of hydrogen-bond donors (Lipinski definition) is 0. The number of hydrogen-bond acceptors (Lipinski definition) is 3. The van der Waals surface area contributed by atoms with Crippen molar-refractivity contribution in [3.63, 3.8) is 0 Å². The van der Waals surface area contributed by atoms with E-state index in [2.05, 4.69) is 64.0 Å². The molecule has 0 aliphatic heterocycles. The van der Waals surface area contributed by atoms with Crippen molar-refractivity contribution in [1.29, 1.82) is 0 Å². The number of pyridine rings is 3. The molecule has 0 unspecified atom stereocenters. The third kappa shape index (κ3) is 2.15. The van der Waals surface area contributed by atoms with Gasteiger partial charge < -0.3 is 0 Å². The Morgan fingerprint density at radius 3 is 2.49 bits per heavy atom. The summed E-state index contributed by atoms with van der Waals surface area (Å²) in [6.07, 6.45) is 7.51. The molecule has 4 aromatic heterocycles. The van der Waals surface area contributed by atoms with Gasteiger partial charge in [-0.25, -0.2) is 9.97 Å². The van der Waals surface area contributed by atoms with E-state index in [0.29, 0.717) is 0 Å². The first-order valence-electron chi connectivity index (χ1n) is 12.0. The Hall–Kier alpha value is -4.57. The summed E-state index contributed by atoms with van der Waals surface area (Å²) in [7, 11) is 0. The Balaban J connectivity index is 1.38. The number of rotatable bonds is 0. The fourth-order valence-electron chi connectivity index (χ4n) is 6.48. The molecular weight excluding hydrogens is 428 g/mol. The Kier molecular flexibility index (Phi) is 3.11. The van der Waals surface area contributed by atoms with Gasteiger partial charge in [-0.05, 0) is 93.7 Å². The quantitative estimate of drug-likeness (QED) is 0.243. The molecule has 2 aliphatic carbocycles. The molecule has 0 amide bonds. The predicted molar refractivity (Wildman–Crippen MR) is 140 cm³/mol. The Morgan fingerprint density at radius 1 is 0.657 bits per heavy atom. The molecule has 4 nitrogen and oxygen atoms in total. The number of imidazole rings is 1. The first-order valence-corrected chi connectivity index (χ1v) is 12.0. The van der Waals surface area contributed by atoms with Crippen LogP contribution in [-0.2, 0) is 12.8 Å². The molecule has 0 saturated carbocycles. The highest BCUT2D eigenvalue weighted by molar-refractivity contribution is 6.16. The highest BCUT2D eigenvalue weighted by atomic mass is 15.1. The van der Waals surface area contributed by atoms with Crippen LogP contribution in [0.4, 0.5) is 0 Å². The molecule has 0 spiro atoms. The van der Waals surface area contributed by atoms with Crippen molar-refractivity contribution in [1.82, 2.24) is 19.4 Å². The Labute approximate surface area is 200 Å². The standard InChI is InChI=1S/C31H18N4/c1-2-5-20-17(4-1)12-18-13-25-19(14-24(18)20)15-26-21(25)7-8-23-29(26)22-6-3-10-33-30(22)35-28-16-32-11-9-27(28)34-31(23)35/h1-11,13-14,16H,12,15H2. The monoisotopic (exact) mass is 446 g/mol. The summed E-state index contributed by atoms with van der Waals surface area (Å²) in [5.41, 5.74) is 15.0. The smallest absolute Gasteiger partial charge is 0.147 e. The van der Waals surface area contributed by atoms with Gasteiger partial charge in [0, 0.05) is 28.6 Å². The van der Waals surface area contributed by atoms with Crippen LogP contribution in [0.2, 0.25) is 0 Å². The third-order valence-electron chi connectivity index (χ3n) is 7.95. The highest BCUT2D eigenvalue weighted by Gasteiger charge is 2.28. The van der Waals surface area contributed by atoms with E-state index >= 15 is 0 Å². The first-order chi connectivity index (χ1) is 17.3. The average Bonchev–Trinajstić information content (AvgIpc) is 3.58. The van der Waals surface area contributed by atoms with Crippen LogP contribution in [0, 0.1) is 0 Å². The second-order valence-corrected chi connectivity index (χ2v) is 9.70. The van der Waals surface area contributed by atoms with E-state index in [-0.39, 0.29) is 0 Å². The topological polar surface area (TPSA) is 43.1 Å². The van der Waals surface area contributed by atoms with Crippen molar-refractivity contribution in [2.75, 3.05) is 0 Å². The van der Waals surface area contributed by atoms with Crippen LogP contribution in [0.15, 0.2) is 85.3 Å². The van der Waals surface area contributed by atoms with Gasteiger partial charge in [0.2, 0.25) is 0 Å². The molecule has 35 heavy (non-hydrogen) atoms. The molecule has 4 heterocycles. The summed E-state index contributed by atoms with van der Waals surface area (Å²) in [6, 6.07) is 24.5. The van der Waals surface area contributed by atoms with Gasteiger partial charge >= 0.3 is 0 Å². The lowest BCUT2D eigenvalue weighted by molar-refractivity contribution is 1.22. The Morgan fingerprint density at radius 2 is 1.51 bits per heavy atom. The molecule has 0 N–H and O–H groups in total. The van der Waals surface area contributed by atoms with Crippen molar-refractivity contribution in [2.45, 2.75) is 12.8 Å². The SMILES string of the molecule is c1ccc2c(c1)Cc1cc3c(cc1-2)Cc1c-3ccc2c1c1cccnc1n1c3cnccc3nc21. The second-order valence-electron chi connectivity index (χ2n) is 9.70. The maximum atomic E-state index is 5.03. The molecule has 3 aromatic carbocycles. The molecule has 0 fully saturated rings. The van der Waals surface area contributed by atoms with Crippen molar-refractivity contribution in [3.05, 3.63) is 108 Å². The van der Waals surface area contributed by atoms with E-state index < -0.39 is 0 Å². The number of nitrogens with zero attached hydrogens (tertiary/aromatic N) is 4. The van der Waals surface area contributed by atoms with E-state index in [1.54, 1.807) is 6.20 Å². The molecule has 0 radical (unpaired) electrons. The van der Waals surface area contributed by atoms with E-state index in [0.717, 1.165) is 35.2 Å². The largest absolute Gasteiger partial charge is 0.274 e. The lowest BCUT2D eigenvalue weighted by Gasteiger charge is -2.12. The maximum absolute atomic E-state index is 5.03. The predicted octanol–water partition coefficient (Wildman–Crippen LogP) is 6.73. The van der Waals surface area contributed by atoms with Crippen molar-refractivity contribution < 1.29 is 0 Å². The van der Waals surface area contributed by atoms with E-state index in [9.17, 15) is 0 Å². The van der Waals surface area contributed by atoms with Crippen LogP contribution >= 0.6 is 0 Å². The van der Waals surface area contributed by atoms with Crippen LogP contribution < -0.4 is 0 Å². The van der Waals surface area contributed by atoms with Gasteiger partial charge in [0.25, 0.3) is 0 Å². The summed E-state index contributed by atoms with van der Waals surface area (Å²) in [5.74, 6) is 0. The van der Waals surface area contributed by atoms with Crippen molar-refractivity contribution in [2.24, 2.45) is 0 Å². The average molecular weight is 447 g/mol. The molecule has 162 valence electrons. The zero-order valence-electron chi connectivity index (χ0n) is 18.8. The van der Waals surface area contributed by atoms with Crippen LogP contribution in [0.5, 0.6) is 0 Å². The highest BCUT2D eigenvalue weighted by Crippen LogP contribution is 2.47. The van der Waals surface area contributed by atoms with Gasteiger partial charge in [-0.1, -0.05) is 30.3 Å². The fourth-order valence-corrected chi connectivity index (χ4v) is 6.48. The van der Waals surface area contributed by atoms with E-state index in [1.807, 2.05) is 24.5 Å². The van der Waals surface area contributed by atoms with Gasteiger partial charge in [-0.3, -0.25) is 9.38 Å². The molecule has 7 aromatic rings. The number of benzene rings is 3. The van der Waals surface area contributed by atoms with Crippen molar-refractivity contribution in [3.8, 4) is 22.3 Å². The number of fused-ring (bicyclic) bond motifs is 15. The summed E-state index contributed by atoms with van der Waals surface area (Å²) in [6.45, 7) is 0. The van der Waals surface area contributed by atoms with E-state index in [1.165, 1.54) is 60.7 Å². The van der Waals surface area contributed by atoms with E-state index in [4.69, 9.17) is 9.97 Å². The summed E-state index contributed by atoms with van der Waals surface area (Å²) in [4.78, 5) is 14.2. The molecule has 2 aliphatic rings. The normalized spacial score (nSPS) is 13.5. The van der Waals surface area contributed by atoms with Gasteiger partial charge in [0.1, 0.15) is 11.3 Å². The van der Waals surface area contributed by atoms with Crippen LogP contribution in [0.3, 0.4) is 0 Å². The van der Waals surface area contributed by atoms with Crippen LogP contribution in [0.1, 0.15) is 22.3 Å². The minimum Gasteiger partial charge on any atom is -0.274 e. The molecule has 0 saturated heterocycles. The molecule has 9 rings (SSSR count). The summed E-state index contributed by atoms with van der Waals surface area (Å²) in [5, 5.41) is 3.62. The zero-order chi connectivity index (χ0) is 22.7. The first kappa shape index (κ1) is 17.8. The molecule has 0 bridgehead atoms. The van der Waals surface area contributed by atoms with Crippen LogP contribution in [0.25, 0.3) is 60.7 Å². The Bertz CT molecular complexity index is 2070. The van der Waals surface area contributed by atoms with Crippen molar-refractivity contribution >= 4 is 38.5 Å². The minimum atomic E-state index is 0.930. The maximum Gasteiger partial charge on any atom is 0.147 e. The summed E-state index contributed by atoms with van der Waals surface area (Å²) >= 11 is 0. The lowest BCUT2D eigenvalue weighted by Crippen LogP contribution is -1.96. The van der Waals surface area contributed by atoms with Gasteiger partial charge in [0.15, 0.2) is 0 Å². The minimum absolute atomic E-state index is 0.930. The second kappa shape index (κ2) is 6.10. The lowest BCUT2D eigenvalue weighted by atomic mass is 9.96. The fraction of sp³-hybridized carbons (Fsp3) is 0.0645. The molecule has 4 heteroatoms. The van der Waals surface area contributed by atoms with Gasteiger partial charge in [-0.15, -0.1) is 0 Å². The molecule has 0 atom stereocenters. The zero-order valence-corrected chi connectivity index (χ0v) is 18.8. The van der Waals surface area contributed by atoms with Crippen LogP contribution in [-0.4, -0.2) is 19.4 Å².